The zero-order chi connectivity index (χ0) is 26.6. The summed E-state index contributed by atoms with van der Waals surface area (Å²) < 4.78 is 89.8. The number of fused-ring (bicyclic) bond motifs is 3. The number of nitrogens with zero attached hydrogens (tertiary/aromatic N) is 2. The summed E-state index contributed by atoms with van der Waals surface area (Å²) in [5.41, 5.74) is 5.08. The van der Waals surface area contributed by atoms with Crippen LogP contribution in [0.4, 0.5) is 43.7 Å². The number of epoxide rings is 1. The summed E-state index contributed by atoms with van der Waals surface area (Å²) in [7, 11) is 0. The normalized spacial score (nSPS) is 22.3. The first-order valence-corrected chi connectivity index (χ1v) is 11.6. The SMILES string of the molecule is C[C@H](N)CNc1ccc2c(n1)N(c1c(F)cc(F)cc1F)C=C(C(=O)N[C@@H](C1CC1)C(F)(F)F)C1OC21. The zero-order valence-corrected chi connectivity index (χ0v) is 19.5. The maximum absolute atomic E-state index is 14.9. The zero-order valence-electron chi connectivity index (χ0n) is 19.5. The first kappa shape index (κ1) is 25.3. The molecule has 4 atom stereocenters. The second-order valence-corrected chi connectivity index (χ2v) is 9.45. The monoisotopic (exact) mass is 527 g/mol. The van der Waals surface area contributed by atoms with Crippen LogP contribution in [0.15, 0.2) is 36.0 Å². The van der Waals surface area contributed by atoms with Gasteiger partial charge in [0.05, 0.1) is 5.57 Å². The number of carbonyl (C=O) groups is 1. The van der Waals surface area contributed by atoms with Crippen molar-refractivity contribution in [2.45, 2.75) is 50.2 Å². The lowest BCUT2D eigenvalue weighted by Crippen LogP contribution is -2.48. The number of halogens is 6. The molecule has 3 heterocycles. The van der Waals surface area contributed by atoms with Gasteiger partial charge in [-0.3, -0.25) is 9.69 Å². The quantitative estimate of drug-likeness (QED) is 0.369. The lowest BCUT2D eigenvalue weighted by atomic mass is 10.1. The van der Waals surface area contributed by atoms with Gasteiger partial charge in [0.15, 0.2) is 11.6 Å². The molecule has 4 N–H and O–H groups in total. The Labute approximate surface area is 207 Å². The molecule has 1 aliphatic carbocycles. The maximum Gasteiger partial charge on any atom is 0.408 e. The average molecular weight is 527 g/mol. The van der Waals surface area contributed by atoms with Crippen LogP contribution in [-0.4, -0.2) is 41.8 Å². The van der Waals surface area contributed by atoms with Crippen LogP contribution in [0.3, 0.4) is 0 Å². The number of amides is 1. The minimum atomic E-state index is -4.67. The van der Waals surface area contributed by atoms with Gasteiger partial charge >= 0.3 is 6.18 Å². The van der Waals surface area contributed by atoms with Crippen molar-refractivity contribution in [2.75, 3.05) is 16.8 Å². The topological polar surface area (TPSA) is 95.8 Å². The van der Waals surface area contributed by atoms with Crippen molar-refractivity contribution in [2.24, 2.45) is 11.7 Å². The summed E-state index contributed by atoms with van der Waals surface area (Å²) in [6, 6.07) is 1.75. The number of alkyl halides is 3. The van der Waals surface area contributed by atoms with Crippen LogP contribution >= 0.6 is 0 Å². The second kappa shape index (κ2) is 9.21. The van der Waals surface area contributed by atoms with Gasteiger partial charge in [-0.1, -0.05) is 0 Å². The third kappa shape index (κ3) is 5.10. The number of carbonyl (C=O) groups excluding carboxylic acids is 1. The van der Waals surface area contributed by atoms with Crippen LogP contribution in [0.25, 0.3) is 0 Å². The van der Waals surface area contributed by atoms with Crippen molar-refractivity contribution < 1.29 is 35.9 Å². The molecule has 0 bridgehead atoms. The molecule has 2 aromatic rings. The molecule has 0 spiro atoms. The van der Waals surface area contributed by atoms with E-state index < -0.39 is 59.4 Å². The number of ether oxygens (including phenoxy) is 1. The van der Waals surface area contributed by atoms with Gasteiger partial charge in [-0.2, -0.15) is 13.2 Å². The lowest BCUT2D eigenvalue weighted by molar-refractivity contribution is -0.164. The smallest absolute Gasteiger partial charge is 0.368 e. The van der Waals surface area contributed by atoms with Crippen molar-refractivity contribution in [3.8, 4) is 0 Å². The number of hydrogen-bond donors (Lipinski definition) is 3. The number of anilines is 3. The number of nitrogens with one attached hydrogen (secondary N) is 2. The molecule has 198 valence electrons. The number of benzene rings is 1. The number of pyridine rings is 1. The van der Waals surface area contributed by atoms with Crippen LogP contribution in [0, 0.1) is 23.4 Å². The fourth-order valence-electron chi connectivity index (χ4n) is 4.34. The molecule has 1 saturated heterocycles. The molecule has 0 radical (unpaired) electrons. The highest BCUT2D eigenvalue weighted by molar-refractivity contribution is 5.97. The summed E-state index contributed by atoms with van der Waals surface area (Å²) in [4.78, 5) is 18.4. The van der Waals surface area contributed by atoms with Crippen LogP contribution in [0.5, 0.6) is 0 Å². The van der Waals surface area contributed by atoms with E-state index in [0.29, 0.717) is 37.1 Å². The Morgan fingerprint density at radius 1 is 1.19 bits per heavy atom. The minimum absolute atomic E-state index is 0.0380. The van der Waals surface area contributed by atoms with Gasteiger partial charge in [-0.15, -0.1) is 0 Å². The van der Waals surface area contributed by atoms with Crippen molar-refractivity contribution in [3.63, 3.8) is 0 Å². The molecule has 7 nitrogen and oxygen atoms in total. The molecule has 2 fully saturated rings. The van der Waals surface area contributed by atoms with Gasteiger partial charge in [-0.05, 0) is 37.8 Å². The first-order valence-electron chi connectivity index (χ1n) is 11.6. The van der Waals surface area contributed by atoms with E-state index in [1.54, 1.807) is 19.1 Å². The van der Waals surface area contributed by atoms with Crippen molar-refractivity contribution >= 4 is 23.2 Å². The van der Waals surface area contributed by atoms with E-state index in [2.05, 4.69) is 10.3 Å². The lowest BCUT2D eigenvalue weighted by Gasteiger charge is -2.25. The minimum Gasteiger partial charge on any atom is -0.368 e. The summed E-state index contributed by atoms with van der Waals surface area (Å²) in [5.74, 6) is -5.34. The predicted octanol–water partition coefficient (Wildman–Crippen LogP) is 4.19. The number of hydrogen-bond acceptors (Lipinski definition) is 6. The molecule has 3 aliphatic rings. The molecule has 2 unspecified atom stereocenters. The molecule has 2 aliphatic heterocycles. The molecule has 5 rings (SSSR count). The highest BCUT2D eigenvalue weighted by Gasteiger charge is 2.53. The number of nitrogens with two attached hydrogens (primary N) is 1. The van der Waals surface area contributed by atoms with E-state index in [1.165, 1.54) is 0 Å². The summed E-state index contributed by atoms with van der Waals surface area (Å²) in [5, 5.41) is 5.00. The van der Waals surface area contributed by atoms with E-state index >= 15 is 0 Å². The summed E-state index contributed by atoms with van der Waals surface area (Å²) in [6.45, 7) is 2.06. The Balaban J connectivity index is 1.59. The molecular weight excluding hydrogens is 504 g/mol. The fraction of sp³-hybridized carbons (Fsp3) is 0.417. The van der Waals surface area contributed by atoms with Gasteiger partial charge in [0.25, 0.3) is 5.91 Å². The Kier molecular flexibility index (Phi) is 6.31. The number of rotatable bonds is 7. The Bertz CT molecular complexity index is 1240. The van der Waals surface area contributed by atoms with Gasteiger partial charge in [0.1, 0.15) is 41.4 Å². The average Bonchev–Trinajstić information content (AvgIpc) is 3.70. The van der Waals surface area contributed by atoms with Crippen LogP contribution in [0.2, 0.25) is 0 Å². The van der Waals surface area contributed by atoms with E-state index in [1.807, 2.05) is 5.32 Å². The van der Waals surface area contributed by atoms with Gasteiger partial charge in [0, 0.05) is 36.5 Å². The number of aromatic nitrogens is 1. The van der Waals surface area contributed by atoms with E-state index in [0.717, 1.165) is 11.1 Å². The summed E-state index contributed by atoms with van der Waals surface area (Å²) in [6.07, 6.45) is -4.80. The third-order valence-corrected chi connectivity index (χ3v) is 6.33. The van der Waals surface area contributed by atoms with Gasteiger partial charge in [-0.25, -0.2) is 18.2 Å². The molecule has 1 aromatic carbocycles. The molecule has 1 amide bonds. The van der Waals surface area contributed by atoms with Crippen LogP contribution < -0.4 is 21.3 Å². The van der Waals surface area contributed by atoms with Crippen molar-refractivity contribution in [3.05, 3.63) is 59.1 Å². The standard InChI is InChI=1S/C24H23F6N5O2/c1-10(31)8-32-17-5-4-13-19-20(37-19)14(23(36)34-21(11-2-3-11)24(28,29)30)9-35(22(13)33-17)18-15(26)6-12(25)7-16(18)27/h4-7,9-11,19-21H,2-3,8,31H2,1H3,(H,32,33)(H,34,36)/t10-,19?,20?,21-/m0/s1. The first-order chi connectivity index (χ1) is 17.4. The van der Waals surface area contributed by atoms with Crippen molar-refractivity contribution in [1.82, 2.24) is 10.3 Å². The Hall–Kier alpha value is -3.32. The van der Waals surface area contributed by atoms with E-state index in [-0.39, 0.29) is 23.3 Å². The highest BCUT2D eigenvalue weighted by Crippen LogP contribution is 2.51. The maximum atomic E-state index is 14.9. The van der Waals surface area contributed by atoms with Crippen LogP contribution in [0.1, 0.15) is 31.4 Å². The Morgan fingerprint density at radius 3 is 2.46 bits per heavy atom. The van der Waals surface area contributed by atoms with E-state index in [9.17, 15) is 31.1 Å². The largest absolute Gasteiger partial charge is 0.408 e. The molecule has 37 heavy (non-hydrogen) atoms. The van der Waals surface area contributed by atoms with Gasteiger partial charge < -0.3 is 21.1 Å². The third-order valence-electron chi connectivity index (χ3n) is 6.33. The van der Waals surface area contributed by atoms with Gasteiger partial charge in [0.2, 0.25) is 0 Å². The highest BCUT2D eigenvalue weighted by atomic mass is 19.4. The molecular formula is C24H23F6N5O2. The molecule has 1 saturated carbocycles. The Morgan fingerprint density at radius 2 is 1.86 bits per heavy atom. The second-order valence-electron chi connectivity index (χ2n) is 9.45. The summed E-state index contributed by atoms with van der Waals surface area (Å²) >= 11 is 0. The fourth-order valence-corrected chi connectivity index (χ4v) is 4.34. The van der Waals surface area contributed by atoms with Crippen molar-refractivity contribution in [1.29, 1.82) is 0 Å². The predicted molar refractivity (Wildman–Crippen MR) is 121 cm³/mol. The molecule has 1 aromatic heterocycles. The van der Waals surface area contributed by atoms with Crippen LogP contribution in [-0.2, 0) is 9.53 Å². The van der Waals surface area contributed by atoms with E-state index in [4.69, 9.17) is 10.5 Å². The molecule has 13 heteroatoms.